The van der Waals surface area contributed by atoms with E-state index in [-0.39, 0.29) is 0 Å². The molecule has 0 fully saturated rings. The molecule has 0 amide bonds. The van der Waals surface area contributed by atoms with E-state index in [9.17, 15) is 0 Å². The summed E-state index contributed by atoms with van der Waals surface area (Å²) < 4.78 is 11.5. The van der Waals surface area contributed by atoms with Crippen molar-refractivity contribution in [2.45, 2.75) is 25.9 Å². The Morgan fingerprint density at radius 3 is 2.78 bits per heavy atom. The van der Waals surface area contributed by atoms with Gasteiger partial charge in [-0.25, -0.2) is 0 Å². The smallest absolute Gasteiger partial charge is 0.179 e. The van der Waals surface area contributed by atoms with Crippen LogP contribution in [0.25, 0.3) is 0 Å². The molecule has 0 N–H and O–H groups in total. The first-order chi connectivity index (χ1) is 11.3. The van der Waals surface area contributed by atoms with Crippen LogP contribution >= 0.6 is 11.6 Å². The van der Waals surface area contributed by atoms with Crippen LogP contribution in [0.1, 0.15) is 23.1 Å². The molecular formula is C19H20ClNO2. The average Bonchev–Trinajstić information content (AvgIpc) is 2.80. The molecule has 0 aliphatic carbocycles. The standard InChI is InChI=1S/C19H20ClNO2/c20-17-10-14(11-18-19(17)23-9-3-8-22-18)12-21-7-6-15-4-1-2-5-16(15)13-21/h1-2,4-5,10-11H,3,6-9,12-13H2. The summed E-state index contributed by atoms with van der Waals surface area (Å²) in [6.45, 7) is 4.29. The normalized spacial score (nSPS) is 17.4. The lowest BCUT2D eigenvalue weighted by Crippen LogP contribution is -2.29. The van der Waals surface area contributed by atoms with Gasteiger partial charge in [-0.1, -0.05) is 35.9 Å². The molecule has 0 spiro atoms. The zero-order valence-corrected chi connectivity index (χ0v) is 13.8. The highest BCUT2D eigenvalue weighted by molar-refractivity contribution is 6.32. The highest BCUT2D eigenvalue weighted by Crippen LogP contribution is 2.38. The summed E-state index contributed by atoms with van der Waals surface area (Å²) >= 11 is 6.40. The minimum atomic E-state index is 0.650. The SMILES string of the molecule is Clc1cc(CN2CCc3ccccc3C2)cc2c1OCCCO2. The molecule has 2 aliphatic rings. The summed E-state index contributed by atoms with van der Waals surface area (Å²) in [5, 5.41) is 0.650. The van der Waals surface area contributed by atoms with E-state index in [0.717, 1.165) is 38.2 Å². The van der Waals surface area contributed by atoms with E-state index in [0.29, 0.717) is 24.0 Å². The van der Waals surface area contributed by atoms with E-state index in [2.05, 4.69) is 35.2 Å². The monoisotopic (exact) mass is 329 g/mol. The first-order valence-electron chi connectivity index (χ1n) is 8.17. The fourth-order valence-electron chi connectivity index (χ4n) is 3.32. The number of fused-ring (bicyclic) bond motifs is 2. The van der Waals surface area contributed by atoms with Gasteiger partial charge in [-0.15, -0.1) is 0 Å². The van der Waals surface area contributed by atoms with Gasteiger partial charge in [0.1, 0.15) is 0 Å². The quantitative estimate of drug-likeness (QED) is 0.829. The molecule has 0 radical (unpaired) electrons. The third-order valence-corrected chi connectivity index (χ3v) is 4.76. The van der Waals surface area contributed by atoms with Gasteiger partial charge in [-0.05, 0) is 35.2 Å². The van der Waals surface area contributed by atoms with Crippen LogP contribution < -0.4 is 9.47 Å². The number of halogens is 1. The van der Waals surface area contributed by atoms with E-state index in [1.807, 2.05) is 6.07 Å². The van der Waals surface area contributed by atoms with Crippen molar-refractivity contribution < 1.29 is 9.47 Å². The van der Waals surface area contributed by atoms with Crippen molar-refractivity contribution in [1.29, 1.82) is 0 Å². The van der Waals surface area contributed by atoms with Crippen molar-refractivity contribution in [1.82, 2.24) is 4.90 Å². The van der Waals surface area contributed by atoms with Gasteiger partial charge in [0.2, 0.25) is 0 Å². The molecule has 2 heterocycles. The fourth-order valence-corrected chi connectivity index (χ4v) is 3.61. The van der Waals surface area contributed by atoms with E-state index in [1.54, 1.807) is 0 Å². The van der Waals surface area contributed by atoms with Crippen molar-refractivity contribution in [2.24, 2.45) is 0 Å². The molecule has 120 valence electrons. The Labute approximate surface area is 141 Å². The van der Waals surface area contributed by atoms with Gasteiger partial charge in [-0.3, -0.25) is 4.90 Å². The Kier molecular flexibility index (Phi) is 4.15. The minimum Gasteiger partial charge on any atom is -0.489 e. The summed E-state index contributed by atoms with van der Waals surface area (Å²) in [5.74, 6) is 1.47. The fraction of sp³-hybridized carbons (Fsp3) is 0.368. The molecule has 4 rings (SSSR count). The number of benzene rings is 2. The third kappa shape index (κ3) is 3.17. The maximum absolute atomic E-state index is 6.40. The summed E-state index contributed by atoms with van der Waals surface area (Å²) in [5.41, 5.74) is 4.08. The first-order valence-corrected chi connectivity index (χ1v) is 8.54. The lowest BCUT2D eigenvalue weighted by molar-refractivity contribution is 0.245. The van der Waals surface area contributed by atoms with Crippen molar-refractivity contribution in [3.63, 3.8) is 0 Å². The molecule has 0 bridgehead atoms. The lowest BCUT2D eigenvalue weighted by Gasteiger charge is -2.29. The Morgan fingerprint density at radius 1 is 1.04 bits per heavy atom. The molecule has 3 nitrogen and oxygen atoms in total. The number of rotatable bonds is 2. The molecule has 0 unspecified atom stereocenters. The molecule has 0 saturated carbocycles. The van der Waals surface area contributed by atoms with Gasteiger partial charge in [0, 0.05) is 26.1 Å². The van der Waals surface area contributed by atoms with Crippen LogP contribution in [-0.2, 0) is 19.5 Å². The summed E-state index contributed by atoms with van der Waals surface area (Å²) in [6, 6.07) is 12.8. The van der Waals surface area contributed by atoms with E-state index < -0.39 is 0 Å². The van der Waals surface area contributed by atoms with Crippen molar-refractivity contribution >= 4 is 11.6 Å². The zero-order valence-electron chi connectivity index (χ0n) is 13.1. The average molecular weight is 330 g/mol. The Balaban J connectivity index is 1.54. The van der Waals surface area contributed by atoms with E-state index in [4.69, 9.17) is 21.1 Å². The van der Waals surface area contributed by atoms with Crippen LogP contribution in [0.15, 0.2) is 36.4 Å². The number of hydrogen-bond acceptors (Lipinski definition) is 3. The highest BCUT2D eigenvalue weighted by Gasteiger charge is 2.19. The minimum absolute atomic E-state index is 0.650. The van der Waals surface area contributed by atoms with Crippen molar-refractivity contribution in [2.75, 3.05) is 19.8 Å². The van der Waals surface area contributed by atoms with Gasteiger partial charge < -0.3 is 9.47 Å². The Bertz CT molecular complexity index is 717. The lowest BCUT2D eigenvalue weighted by atomic mass is 9.99. The summed E-state index contributed by atoms with van der Waals surface area (Å²) in [7, 11) is 0. The van der Waals surface area contributed by atoms with Crippen LogP contribution in [0.4, 0.5) is 0 Å². The molecule has 0 atom stereocenters. The topological polar surface area (TPSA) is 21.7 Å². The molecule has 2 aromatic carbocycles. The molecule has 4 heteroatoms. The van der Waals surface area contributed by atoms with Crippen molar-refractivity contribution in [3.05, 3.63) is 58.1 Å². The highest BCUT2D eigenvalue weighted by atomic mass is 35.5. The number of nitrogens with zero attached hydrogens (tertiary/aromatic N) is 1. The molecule has 2 aliphatic heterocycles. The van der Waals surface area contributed by atoms with E-state index in [1.165, 1.54) is 16.7 Å². The van der Waals surface area contributed by atoms with Gasteiger partial charge >= 0.3 is 0 Å². The second kappa shape index (κ2) is 6.42. The maximum Gasteiger partial charge on any atom is 0.179 e. The van der Waals surface area contributed by atoms with Crippen LogP contribution in [0.5, 0.6) is 11.5 Å². The maximum atomic E-state index is 6.40. The molecule has 2 aromatic rings. The van der Waals surface area contributed by atoms with Crippen LogP contribution in [-0.4, -0.2) is 24.7 Å². The van der Waals surface area contributed by atoms with Gasteiger partial charge in [-0.2, -0.15) is 0 Å². The number of ether oxygens (including phenoxy) is 2. The van der Waals surface area contributed by atoms with Gasteiger partial charge in [0.05, 0.1) is 18.2 Å². The first kappa shape index (κ1) is 14.9. The van der Waals surface area contributed by atoms with Gasteiger partial charge in [0.25, 0.3) is 0 Å². The Morgan fingerprint density at radius 2 is 1.87 bits per heavy atom. The molecular weight excluding hydrogens is 310 g/mol. The Hall–Kier alpha value is -1.71. The second-order valence-electron chi connectivity index (χ2n) is 6.18. The largest absolute Gasteiger partial charge is 0.489 e. The summed E-state index contributed by atoms with van der Waals surface area (Å²) in [6.07, 6.45) is 2.00. The zero-order chi connectivity index (χ0) is 15.6. The third-order valence-electron chi connectivity index (χ3n) is 4.48. The van der Waals surface area contributed by atoms with Crippen molar-refractivity contribution in [3.8, 4) is 11.5 Å². The molecule has 0 aromatic heterocycles. The van der Waals surface area contributed by atoms with Gasteiger partial charge in [0.15, 0.2) is 11.5 Å². The second-order valence-corrected chi connectivity index (χ2v) is 6.59. The molecule has 23 heavy (non-hydrogen) atoms. The predicted octanol–water partition coefficient (Wildman–Crippen LogP) is 4.06. The molecule has 0 saturated heterocycles. The van der Waals surface area contributed by atoms with Crippen LogP contribution in [0.3, 0.4) is 0 Å². The summed E-state index contributed by atoms with van der Waals surface area (Å²) in [4.78, 5) is 2.46. The van der Waals surface area contributed by atoms with E-state index >= 15 is 0 Å². The number of hydrogen-bond donors (Lipinski definition) is 0. The van der Waals surface area contributed by atoms with Crippen LogP contribution in [0.2, 0.25) is 5.02 Å². The van der Waals surface area contributed by atoms with Crippen LogP contribution in [0, 0.1) is 0 Å². The predicted molar refractivity (Wildman–Crippen MR) is 91.3 cm³/mol.